The number of sulfone groups is 1. The molecule has 3 amide bonds. The van der Waals surface area contributed by atoms with Crippen LogP contribution in [0.25, 0.3) is 0 Å². The maximum atomic E-state index is 12.5. The van der Waals surface area contributed by atoms with Crippen LogP contribution in [-0.2, 0) is 19.4 Å². The molecule has 1 aromatic carbocycles. The van der Waals surface area contributed by atoms with Crippen LogP contribution in [0.1, 0.15) is 29.6 Å². The number of hydrogen-bond donors (Lipinski definition) is 1. The summed E-state index contributed by atoms with van der Waals surface area (Å²) in [6.45, 7) is 0. The molecule has 3 rings (SSSR count). The lowest BCUT2D eigenvalue weighted by molar-refractivity contribution is -0.133. The Morgan fingerprint density at radius 3 is 2.43 bits per heavy atom. The van der Waals surface area contributed by atoms with Gasteiger partial charge in [-0.15, -0.1) is 0 Å². The van der Waals surface area contributed by atoms with Gasteiger partial charge in [-0.05, 0) is 30.7 Å². The Bertz CT molecular complexity index is 937. The summed E-state index contributed by atoms with van der Waals surface area (Å²) < 4.78 is 23.3. The van der Waals surface area contributed by atoms with Crippen molar-refractivity contribution in [3.05, 3.63) is 29.8 Å². The van der Waals surface area contributed by atoms with Gasteiger partial charge in [0.15, 0.2) is 9.84 Å². The standard InChI is InChI=1S/C18H22N4O5S/c1-21(2)18(25)12-3-5-13(6-4-12)19-17(24)15-7-8-16(23)22(20-15)14-9-10-28(26,27)11-14/h3-6,14H,7-11H2,1-2H3,(H,19,24)/t14-/m0/s1. The molecule has 0 aliphatic carbocycles. The monoisotopic (exact) mass is 406 g/mol. The van der Waals surface area contributed by atoms with Gasteiger partial charge in [0, 0.05) is 38.2 Å². The molecule has 2 aliphatic heterocycles. The molecule has 28 heavy (non-hydrogen) atoms. The second-order valence-electron chi connectivity index (χ2n) is 7.07. The predicted octanol–water partition coefficient (Wildman–Crippen LogP) is 0.492. The Labute approximate surface area is 163 Å². The Morgan fingerprint density at radius 1 is 1.18 bits per heavy atom. The third-order valence-corrected chi connectivity index (χ3v) is 6.42. The van der Waals surface area contributed by atoms with Crippen LogP contribution in [0.15, 0.2) is 29.4 Å². The van der Waals surface area contributed by atoms with Gasteiger partial charge in [-0.1, -0.05) is 0 Å². The molecule has 1 atom stereocenters. The van der Waals surface area contributed by atoms with Gasteiger partial charge in [0.05, 0.1) is 17.5 Å². The van der Waals surface area contributed by atoms with E-state index in [1.165, 1.54) is 4.90 Å². The lowest BCUT2D eigenvalue weighted by Gasteiger charge is -2.27. The first kappa shape index (κ1) is 20.0. The van der Waals surface area contributed by atoms with Crippen LogP contribution in [-0.4, -0.2) is 73.4 Å². The fraction of sp³-hybridized carbons (Fsp3) is 0.444. The zero-order chi connectivity index (χ0) is 20.5. The molecule has 0 saturated carbocycles. The quantitative estimate of drug-likeness (QED) is 0.781. The average molecular weight is 406 g/mol. The highest BCUT2D eigenvalue weighted by atomic mass is 32.2. The van der Waals surface area contributed by atoms with Gasteiger partial charge in [0.2, 0.25) is 5.91 Å². The number of rotatable bonds is 4. The smallest absolute Gasteiger partial charge is 0.271 e. The van der Waals surface area contributed by atoms with E-state index in [2.05, 4.69) is 10.4 Å². The number of carbonyl (C=O) groups excluding carboxylic acids is 3. The van der Waals surface area contributed by atoms with Crippen molar-refractivity contribution in [2.75, 3.05) is 30.9 Å². The molecule has 0 aromatic heterocycles. The highest BCUT2D eigenvalue weighted by molar-refractivity contribution is 7.91. The lowest BCUT2D eigenvalue weighted by atomic mass is 10.1. The average Bonchev–Trinajstić information content (AvgIpc) is 3.01. The number of nitrogens with zero attached hydrogens (tertiary/aromatic N) is 3. The van der Waals surface area contributed by atoms with Crippen LogP contribution in [0.4, 0.5) is 5.69 Å². The molecule has 1 fully saturated rings. The van der Waals surface area contributed by atoms with Crippen molar-refractivity contribution in [2.45, 2.75) is 25.3 Å². The summed E-state index contributed by atoms with van der Waals surface area (Å²) in [5.41, 5.74) is 1.17. The van der Waals surface area contributed by atoms with E-state index < -0.39 is 21.8 Å². The number of anilines is 1. The fourth-order valence-corrected chi connectivity index (χ4v) is 4.84. The minimum Gasteiger partial charge on any atom is -0.345 e. The van der Waals surface area contributed by atoms with Crippen molar-refractivity contribution in [1.29, 1.82) is 0 Å². The highest BCUT2D eigenvalue weighted by Gasteiger charge is 2.37. The Morgan fingerprint density at radius 2 is 1.86 bits per heavy atom. The second-order valence-corrected chi connectivity index (χ2v) is 9.30. The van der Waals surface area contributed by atoms with Crippen molar-refractivity contribution in [1.82, 2.24) is 9.91 Å². The molecule has 1 N–H and O–H groups in total. The van der Waals surface area contributed by atoms with Gasteiger partial charge in [-0.2, -0.15) is 5.10 Å². The van der Waals surface area contributed by atoms with Crippen molar-refractivity contribution in [3.63, 3.8) is 0 Å². The molecule has 0 unspecified atom stereocenters. The van der Waals surface area contributed by atoms with E-state index in [1.807, 2.05) is 0 Å². The molecule has 1 saturated heterocycles. The zero-order valence-corrected chi connectivity index (χ0v) is 16.5. The molecule has 2 heterocycles. The number of benzene rings is 1. The summed E-state index contributed by atoms with van der Waals surface area (Å²) in [5, 5.41) is 7.99. The number of hydrogen-bond acceptors (Lipinski definition) is 6. The molecule has 0 radical (unpaired) electrons. The van der Waals surface area contributed by atoms with Gasteiger partial charge in [-0.3, -0.25) is 14.4 Å². The summed E-state index contributed by atoms with van der Waals surface area (Å²) in [4.78, 5) is 38.0. The molecule has 10 heteroatoms. The Hall–Kier alpha value is -2.75. The third kappa shape index (κ3) is 4.38. The van der Waals surface area contributed by atoms with Gasteiger partial charge in [0.25, 0.3) is 11.8 Å². The molecule has 0 spiro atoms. The minimum atomic E-state index is -3.17. The van der Waals surface area contributed by atoms with E-state index in [9.17, 15) is 22.8 Å². The molecular formula is C18H22N4O5S. The highest BCUT2D eigenvalue weighted by Crippen LogP contribution is 2.22. The molecule has 2 aliphatic rings. The molecule has 0 bridgehead atoms. The Balaban J connectivity index is 1.70. The number of amides is 3. The third-order valence-electron chi connectivity index (χ3n) is 4.67. The van der Waals surface area contributed by atoms with Gasteiger partial charge >= 0.3 is 0 Å². The summed E-state index contributed by atoms with van der Waals surface area (Å²) in [6.07, 6.45) is 0.630. The molecule has 9 nitrogen and oxygen atoms in total. The van der Waals surface area contributed by atoms with E-state index in [-0.39, 0.29) is 41.9 Å². The normalized spacial score (nSPS) is 21.2. The van der Waals surface area contributed by atoms with E-state index in [4.69, 9.17) is 0 Å². The van der Waals surface area contributed by atoms with Gasteiger partial charge in [-0.25, -0.2) is 13.4 Å². The second kappa shape index (κ2) is 7.70. The SMILES string of the molecule is CN(C)C(=O)c1ccc(NC(=O)C2=NN([C@H]3CCS(=O)(=O)C3)C(=O)CC2)cc1. The van der Waals surface area contributed by atoms with Crippen LogP contribution in [0, 0.1) is 0 Å². The van der Waals surface area contributed by atoms with E-state index in [0.717, 1.165) is 5.01 Å². The van der Waals surface area contributed by atoms with Gasteiger partial charge < -0.3 is 10.2 Å². The molecular weight excluding hydrogens is 384 g/mol. The maximum Gasteiger partial charge on any atom is 0.271 e. The van der Waals surface area contributed by atoms with E-state index in [1.54, 1.807) is 38.4 Å². The zero-order valence-electron chi connectivity index (χ0n) is 15.7. The summed E-state index contributed by atoms with van der Waals surface area (Å²) in [7, 11) is 0.143. The van der Waals surface area contributed by atoms with Crippen LogP contribution in [0.3, 0.4) is 0 Å². The van der Waals surface area contributed by atoms with Crippen LogP contribution < -0.4 is 5.32 Å². The van der Waals surface area contributed by atoms with Crippen molar-refractivity contribution in [2.24, 2.45) is 5.10 Å². The van der Waals surface area contributed by atoms with Crippen LogP contribution in [0.5, 0.6) is 0 Å². The number of hydrazone groups is 1. The van der Waals surface area contributed by atoms with Crippen molar-refractivity contribution < 1.29 is 22.8 Å². The molecule has 1 aromatic rings. The number of nitrogens with one attached hydrogen (secondary N) is 1. The predicted molar refractivity (Wildman–Crippen MR) is 104 cm³/mol. The topological polar surface area (TPSA) is 116 Å². The Kier molecular flexibility index (Phi) is 5.50. The minimum absolute atomic E-state index is 0.0243. The van der Waals surface area contributed by atoms with Crippen LogP contribution in [0.2, 0.25) is 0 Å². The van der Waals surface area contributed by atoms with Crippen LogP contribution >= 0.6 is 0 Å². The lowest BCUT2D eigenvalue weighted by Crippen LogP contribution is -2.42. The number of carbonyl (C=O) groups is 3. The first-order valence-electron chi connectivity index (χ1n) is 8.89. The first-order valence-corrected chi connectivity index (χ1v) is 10.7. The largest absolute Gasteiger partial charge is 0.345 e. The van der Waals surface area contributed by atoms with E-state index in [0.29, 0.717) is 17.7 Å². The summed E-state index contributed by atoms with van der Waals surface area (Å²) in [6, 6.07) is 5.94. The first-order chi connectivity index (χ1) is 13.2. The van der Waals surface area contributed by atoms with E-state index >= 15 is 0 Å². The van der Waals surface area contributed by atoms with Crippen molar-refractivity contribution in [3.8, 4) is 0 Å². The summed E-state index contributed by atoms with van der Waals surface area (Å²) >= 11 is 0. The summed E-state index contributed by atoms with van der Waals surface area (Å²) in [5.74, 6) is -0.972. The maximum absolute atomic E-state index is 12.5. The van der Waals surface area contributed by atoms with Gasteiger partial charge in [0.1, 0.15) is 5.71 Å². The fourth-order valence-electron chi connectivity index (χ4n) is 3.15. The van der Waals surface area contributed by atoms with Crippen molar-refractivity contribution >= 4 is 39.0 Å². The molecule has 150 valence electrons.